The molecule has 6 heteroatoms. The zero-order valence-electron chi connectivity index (χ0n) is 12.5. The summed E-state index contributed by atoms with van der Waals surface area (Å²) in [6.45, 7) is 0. The van der Waals surface area contributed by atoms with Crippen molar-refractivity contribution in [2.24, 2.45) is 0 Å². The SMILES string of the molecule is O=C1C[C@@H](c2ccc(F)cc2)c2cnn(-c3ccc(Cl)cc3)c2N1. The van der Waals surface area contributed by atoms with Crippen LogP contribution in [0.5, 0.6) is 0 Å². The van der Waals surface area contributed by atoms with Gasteiger partial charge in [0.15, 0.2) is 0 Å². The lowest BCUT2D eigenvalue weighted by atomic mass is 9.87. The lowest BCUT2D eigenvalue weighted by molar-refractivity contribution is -0.116. The van der Waals surface area contributed by atoms with Crippen LogP contribution in [0.15, 0.2) is 54.7 Å². The minimum absolute atomic E-state index is 0.0902. The molecule has 0 spiro atoms. The first-order chi connectivity index (χ1) is 11.6. The van der Waals surface area contributed by atoms with Crippen LogP contribution in [0.4, 0.5) is 10.2 Å². The van der Waals surface area contributed by atoms with Crippen molar-refractivity contribution in [3.8, 4) is 5.69 Å². The minimum Gasteiger partial charge on any atom is -0.310 e. The second-order valence-electron chi connectivity index (χ2n) is 5.69. The lowest BCUT2D eigenvalue weighted by Crippen LogP contribution is -2.24. The second-order valence-corrected chi connectivity index (χ2v) is 6.13. The summed E-state index contributed by atoms with van der Waals surface area (Å²) in [4.78, 5) is 12.2. The monoisotopic (exact) mass is 341 g/mol. The Balaban J connectivity index is 1.80. The highest BCUT2D eigenvalue weighted by Crippen LogP contribution is 2.38. The number of nitrogens with one attached hydrogen (secondary N) is 1. The molecule has 0 bridgehead atoms. The van der Waals surface area contributed by atoms with Gasteiger partial charge in [-0.3, -0.25) is 4.79 Å². The van der Waals surface area contributed by atoms with Gasteiger partial charge in [-0.15, -0.1) is 0 Å². The number of fused-ring (bicyclic) bond motifs is 1. The van der Waals surface area contributed by atoms with E-state index in [4.69, 9.17) is 11.6 Å². The number of halogens is 2. The molecule has 0 saturated heterocycles. The number of amides is 1. The Morgan fingerprint density at radius 1 is 1.12 bits per heavy atom. The Kier molecular flexibility index (Phi) is 3.58. The summed E-state index contributed by atoms with van der Waals surface area (Å²) >= 11 is 5.93. The molecule has 4 nitrogen and oxygen atoms in total. The molecule has 1 aromatic heterocycles. The predicted molar refractivity (Wildman–Crippen MR) is 90.1 cm³/mol. The first-order valence-electron chi connectivity index (χ1n) is 7.51. The van der Waals surface area contributed by atoms with E-state index in [2.05, 4.69) is 10.4 Å². The molecule has 4 rings (SSSR count). The molecule has 0 aliphatic carbocycles. The maximum absolute atomic E-state index is 13.2. The van der Waals surface area contributed by atoms with E-state index in [1.165, 1.54) is 12.1 Å². The van der Waals surface area contributed by atoms with E-state index in [0.717, 1.165) is 16.8 Å². The van der Waals surface area contributed by atoms with Gasteiger partial charge < -0.3 is 5.32 Å². The van der Waals surface area contributed by atoms with E-state index >= 15 is 0 Å². The van der Waals surface area contributed by atoms with E-state index in [1.807, 2.05) is 12.1 Å². The molecule has 24 heavy (non-hydrogen) atoms. The van der Waals surface area contributed by atoms with Crippen molar-refractivity contribution in [2.75, 3.05) is 5.32 Å². The summed E-state index contributed by atoms with van der Waals surface area (Å²) < 4.78 is 14.9. The molecule has 0 saturated carbocycles. The second kappa shape index (κ2) is 5.76. The Morgan fingerprint density at radius 3 is 2.54 bits per heavy atom. The fourth-order valence-corrected chi connectivity index (χ4v) is 3.12. The van der Waals surface area contributed by atoms with Crippen LogP contribution in [0, 0.1) is 5.82 Å². The van der Waals surface area contributed by atoms with Crippen LogP contribution in [0.25, 0.3) is 5.69 Å². The van der Waals surface area contributed by atoms with E-state index in [0.29, 0.717) is 17.3 Å². The molecule has 1 aliphatic rings. The summed E-state index contributed by atoms with van der Waals surface area (Å²) in [6, 6.07) is 13.5. The van der Waals surface area contributed by atoms with Crippen LogP contribution in [-0.4, -0.2) is 15.7 Å². The molecule has 1 aliphatic heterocycles. The van der Waals surface area contributed by atoms with Crippen LogP contribution >= 0.6 is 11.6 Å². The highest BCUT2D eigenvalue weighted by Gasteiger charge is 2.30. The van der Waals surface area contributed by atoms with Crippen LogP contribution in [0.2, 0.25) is 5.02 Å². The van der Waals surface area contributed by atoms with Gasteiger partial charge in [0.1, 0.15) is 11.6 Å². The summed E-state index contributed by atoms with van der Waals surface area (Å²) in [7, 11) is 0. The third kappa shape index (κ3) is 2.57. The largest absolute Gasteiger partial charge is 0.310 e. The molecular formula is C18H13ClFN3O. The molecule has 120 valence electrons. The number of nitrogens with zero attached hydrogens (tertiary/aromatic N) is 2. The van der Waals surface area contributed by atoms with Gasteiger partial charge in [0.05, 0.1) is 11.9 Å². The molecule has 1 amide bonds. The van der Waals surface area contributed by atoms with Crippen LogP contribution < -0.4 is 5.32 Å². The molecule has 0 radical (unpaired) electrons. The maximum atomic E-state index is 13.2. The zero-order valence-corrected chi connectivity index (χ0v) is 13.3. The highest BCUT2D eigenvalue weighted by atomic mass is 35.5. The number of hydrogen-bond donors (Lipinski definition) is 1. The Morgan fingerprint density at radius 2 is 1.83 bits per heavy atom. The molecule has 1 atom stereocenters. The quantitative estimate of drug-likeness (QED) is 0.761. The van der Waals surface area contributed by atoms with Gasteiger partial charge in [-0.1, -0.05) is 23.7 Å². The average molecular weight is 342 g/mol. The minimum atomic E-state index is -0.295. The number of carbonyl (C=O) groups is 1. The number of rotatable bonds is 2. The third-order valence-corrected chi connectivity index (χ3v) is 4.42. The van der Waals surface area contributed by atoms with Crippen molar-refractivity contribution in [1.82, 2.24) is 9.78 Å². The maximum Gasteiger partial charge on any atom is 0.226 e. The van der Waals surface area contributed by atoms with Gasteiger partial charge in [-0.2, -0.15) is 5.10 Å². The first-order valence-corrected chi connectivity index (χ1v) is 7.89. The molecule has 0 unspecified atom stereocenters. The topological polar surface area (TPSA) is 46.9 Å². The highest BCUT2D eigenvalue weighted by molar-refractivity contribution is 6.30. The molecule has 1 N–H and O–H groups in total. The van der Waals surface area contributed by atoms with Crippen LogP contribution in [0.1, 0.15) is 23.5 Å². The summed E-state index contributed by atoms with van der Waals surface area (Å²) in [6.07, 6.45) is 2.06. The van der Waals surface area contributed by atoms with Crippen molar-refractivity contribution in [1.29, 1.82) is 0 Å². The van der Waals surface area contributed by atoms with Crippen molar-refractivity contribution in [2.45, 2.75) is 12.3 Å². The lowest BCUT2D eigenvalue weighted by Gasteiger charge is -2.23. The predicted octanol–water partition coefficient (Wildman–Crippen LogP) is 4.14. The normalized spacial score (nSPS) is 16.6. The molecular weight excluding hydrogens is 329 g/mol. The Hall–Kier alpha value is -2.66. The fraction of sp³-hybridized carbons (Fsp3) is 0.111. The fourth-order valence-electron chi connectivity index (χ4n) is 2.99. The van der Waals surface area contributed by atoms with E-state index in [1.54, 1.807) is 35.1 Å². The average Bonchev–Trinajstić information content (AvgIpc) is 2.99. The number of carbonyl (C=O) groups excluding carboxylic acids is 1. The van der Waals surface area contributed by atoms with Gasteiger partial charge >= 0.3 is 0 Å². The molecule has 2 aromatic carbocycles. The van der Waals surface area contributed by atoms with Gasteiger partial charge in [-0.05, 0) is 42.0 Å². The van der Waals surface area contributed by atoms with Crippen LogP contribution in [-0.2, 0) is 4.79 Å². The van der Waals surface area contributed by atoms with Crippen molar-refractivity contribution >= 4 is 23.3 Å². The van der Waals surface area contributed by atoms with E-state index in [-0.39, 0.29) is 17.6 Å². The van der Waals surface area contributed by atoms with Crippen molar-refractivity contribution in [3.05, 3.63) is 76.7 Å². The summed E-state index contributed by atoms with van der Waals surface area (Å²) in [5, 5.41) is 7.93. The smallest absolute Gasteiger partial charge is 0.226 e. The van der Waals surface area contributed by atoms with Crippen molar-refractivity contribution < 1.29 is 9.18 Å². The van der Waals surface area contributed by atoms with Crippen LogP contribution in [0.3, 0.4) is 0 Å². The van der Waals surface area contributed by atoms with E-state index in [9.17, 15) is 9.18 Å². The van der Waals surface area contributed by atoms with Gasteiger partial charge in [-0.25, -0.2) is 9.07 Å². The standard InChI is InChI=1S/C18H13ClFN3O/c19-12-3-7-14(8-4-12)23-18-16(10-21-23)15(9-17(24)22-18)11-1-5-13(20)6-2-11/h1-8,10,15H,9H2,(H,22,24)/t15-/m0/s1. The number of anilines is 1. The molecule has 2 heterocycles. The number of aromatic nitrogens is 2. The summed E-state index contributed by atoms with van der Waals surface area (Å²) in [5.74, 6) is 0.113. The third-order valence-electron chi connectivity index (χ3n) is 4.16. The van der Waals surface area contributed by atoms with E-state index < -0.39 is 0 Å². The molecule has 0 fully saturated rings. The van der Waals surface area contributed by atoms with Crippen molar-refractivity contribution in [3.63, 3.8) is 0 Å². The summed E-state index contributed by atoms with van der Waals surface area (Å²) in [5.41, 5.74) is 2.61. The Bertz CT molecular complexity index is 903. The Labute approximate surface area is 142 Å². The van der Waals surface area contributed by atoms with Gasteiger partial charge in [0, 0.05) is 22.9 Å². The van der Waals surface area contributed by atoms with Gasteiger partial charge in [0.25, 0.3) is 0 Å². The number of hydrogen-bond acceptors (Lipinski definition) is 2. The first kappa shape index (κ1) is 14.9. The molecule has 3 aromatic rings. The van der Waals surface area contributed by atoms with Gasteiger partial charge in [0.2, 0.25) is 5.91 Å². The zero-order chi connectivity index (χ0) is 16.7. The number of benzene rings is 2.